The van der Waals surface area contributed by atoms with Crippen LogP contribution in [0.25, 0.3) is 0 Å². The molecule has 2 saturated heterocycles. The Bertz CT molecular complexity index is 537. The fourth-order valence-corrected chi connectivity index (χ4v) is 4.07. The molecule has 2 fully saturated rings. The number of hydrogen-bond acceptors (Lipinski definition) is 3. The summed E-state index contributed by atoms with van der Waals surface area (Å²) in [4.78, 5) is 17.3. The second kappa shape index (κ2) is 5.74. The first-order valence-electron chi connectivity index (χ1n) is 7.50. The van der Waals surface area contributed by atoms with E-state index >= 15 is 0 Å². The Kier molecular flexibility index (Phi) is 4.12. The van der Waals surface area contributed by atoms with Crippen molar-refractivity contribution in [1.82, 2.24) is 14.4 Å². The molecule has 1 aromatic heterocycles. The third kappa shape index (κ3) is 2.64. The van der Waals surface area contributed by atoms with Gasteiger partial charge in [-0.05, 0) is 35.0 Å². The highest BCUT2D eigenvalue weighted by Crippen LogP contribution is 2.31. The molecule has 5 nitrogen and oxygen atoms in total. The topological polar surface area (TPSA) is 37.7 Å². The second-order valence-electron chi connectivity index (χ2n) is 5.99. The molecular formula is C15H22BrN3O2. The van der Waals surface area contributed by atoms with E-state index in [1.54, 1.807) is 0 Å². The Morgan fingerprint density at radius 3 is 2.86 bits per heavy atom. The van der Waals surface area contributed by atoms with Crippen LogP contribution in [0.2, 0.25) is 0 Å². The molecule has 0 saturated carbocycles. The van der Waals surface area contributed by atoms with Gasteiger partial charge in [-0.25, -0.2) is 0 Å². The lowest BCUT2D eigenvalue weighted by atomic mass is 9.92. The van der Waals surface area contributed by atoms with E-state index in [1.165, 1.54) is 0 Å². The first-order chi connectivity index (χ1) is 10.1. The van der Waals surface area contributed by atoms with Crippen molar-refractivity contribution in [3.63, 3.8) is 0 Å². The Balaban J connectivity index is 1.81. The molecule has 3 rings (SSSR count). The van der Waals surface area contributed by atoms with Gasteiger partial charge in [-0.3, -0.25) is 9.69 Å². The van der Waals surface area contributed by atoms with Crippen LogP contribution in [0.15, 0.2) is 16.7 Å². The summed E-state index contributed by atoms with van der Waals surface area (Å²) >= 11 is 3.44. The van der Waals surface area contributed by atoms with Crippen molar-refractivity contribution in [1.29, 1.82) is 0 Å². The minimum absolute atomic E-state index is 0.0189. The summed E-state index contributed by atoms with van der Waals surface area (Å²) in [7, 11) is 1.91. The number of carbonyl (C=O) groups is 1. The molecule has 6 heteroatoms. The zero-order chi connectivity index (χ0) is 15.0. The average Bonchev–Trinajstić information content (AvgIpc) is 3.05. The lowest BCUT2D eigenvalue weighted by Gasteiger charge is -2.47. The molecule has 2 aliphatic heterocycles. The van der Waals surface area contributed by atoms with Crippen LogP contribution in [-0.4, -0.2) is 65.2 Å². The van der Waals surface area contributed by atoms with Gasteiger partial charge in [-0.15, -0.1) is 0 Å². The maximum absolute atomic E-state index is 12.8. The molecule has 0 bridgehead atoms. The quantitative estimate of drug-likeness (QED) is 0.810. The number of halogens is 1. The predicted molar refractivity (Wildman–Crippen MR) is 84.4 cm³/mol. The fraction of sp³-hybridized carbons (Fsp3) is 0.667. The smallest absolute Gasteiger partial charge is 0.270 e. The van der Waals surface area contributed by atoms with Gasteiger partial charge in [0.1, 0.15) is 5.69 Å². The van der Waals surface area contributed by atoms with Gasteiger partial charge < -0.3 is 14.2 Å². The summed E-state index contributed by atoms with van der Waals surface area (Å²) in [5.41, 5.74) is 0.756. The van der Waals surface area contributed by atoms with Crippen molar-refractivity contribution in [2.45, 2.75) is 18.9 Å². The fourth-order valence-electron chi connectivity index (χ4n) is 3.55. The number of rotatable bonds is 2. The number of ether oxygens (including phenoxy) is 1. The Morgan fingerprint density at radius 2 is 2.29 bits per heavy atom. The zero-order valence-corrected chi connectivity index (χ0v) is 14.2. The van der Waals surface area contributed by atoms with Crippen LogP contribution in [0.5, 0.6) is 0 Å². The van der Waals surface area contributed by atoms with Crippen LogP contribution < -0.4 is 0 Å². The molecule has 21 heavy (non-hydrogen) atoms. The molecule has 1 atom stereocenters. The van der Waals surface area contributed by atoms with Gasteiger partial charge in [0.25, 0.3) is 5.91 Å². The maximum Gasteiger partial charge on any atom is 0.270 e. The largest absolute Gasteiger partial charge is 0.379 e. The van der Waals surface area contributed by atoms with Crippen LogP contribution >= 0.6 is 15.9 Å². The molecule has 3 heterocycles. The van der Waals surface area contributed by atoms with E-state index in [1.807, 2.05) is 28.8 Å². The monoisotopic (exact) mass is 355 g/mol. The van der Waals surface area contributed by atoms with Gasteiger partial charge >= 0.3 is 0 Å². The molecular weight excluding hydrogens is 334 g/mol. The standard InChI is InChI=1S/C15H22BrN3O2/c1-3-19-6-5-18(10-15(19)4-7-21-11-15)14(20)13-8-12(16)9-17(13)2/h8-9H,3-7,10-11H2,1-2H3. The van der Waals surface area contributed by atoms with Crippen LogP contribution in [0.1, 0.15) is 23.8 Å². The van der Waals surface area contributed by atoms with Gasteiger partial charge in [0, 0.05) is 44.0 Å². The number of likely N-dealkylation sites (N-methyl/N-ethyl adjacent to an activating group) is 1. The first kappa shape index (κ1) is 15.1. The van der Waals surface area contributed by atoms with E-state index in [-0.39, 0.29) is 11.4 Å². The summed E-state index contributed by atoms with van der Waals surface area (Å²) in [6, 6.07) is 1.90. The zero-order valence-electron chi connectivity index (χ0n) is 12.6. The third-order valence-electron chi connectivity index (χ3n) is 4.74. The minimum atomic E-state index is 0.0189. The molecule has 2 aliphatic rings. The number of nitrogens with zero attached hydrogens (tertiary/aromatic N) is 3. The van der Waals surface area contributed by atoms with Crippen molar-refractivity contribution >= 4 is 21.8 Å². The normalized spacial score (nSPS) is 26.7. The van der Waals surface area contributed by atoms with E-state index in [2.05, 4.69) is 27.8 Å². The van der Waals surface area contributed by atoms with E-state index < -0.39 is 0 Å². The summed E-state index contributed by atoms with van der Waals surface area (Å²) < 4.78 is 8.47. The highest BCUT2D eigenvalue weighted by Gasteiger charge is 2.45. The van der Waals surface area contributed by atoms with Crippen molar-refractivity contribution in [2.75, 3.05) is 39.4 Å². The van der Waals surface area contributed by atoms with Crippen LogP contribution in [-0.2, 0) is 11.8 Å². The molecule has 1 spiro atoms. The molecule has 0 radical (unpaired) electrons. The lowest BCUT2D eigenvalue weighted by molar-refractivity contribution is -0.00260. The SMILES string of the molecule is CCN1CCN(C(=O)c2cc(Br)cn2C)CC12CCOC2. The molecule has 1 amide bonds. The third-order valence-corrected chi connectivity index (χ3v) is 5.17. The molecule has 1 aromatic rings. The first-order valence-corrected chi connectivity index (χ1v) is 8.29. The summed E-state index contributed by atoms with van der Waals surface area (Å²) in [6.07, 6.45) is 2.94. The number of piperazine rings is 1. The van der Waals surface area contributed by atoms with Gasteiger partial charge in [-0.2, -0.15) is 0 Å². The highest BCUT2D eigenvalue weighted by atomic mass is 79.9. The maximum atomic E-state index is 12.8. The number of hydrogen-bond donors (Lipinski definition) is 0. The van der Waals surface area contributed by atoms with Crippen molar-refractivity contribution < 1.29 is 9.53 Å². The molecule has 0 aliphatic carbocycles. The lowest BCUT2D eigenvalue weighted by Crippen LogP contribution is -2.63. The number of amides is 1. The van der Waals surface area contributed by atoms with Gasteiger partial charge in [0.15, 0.2) is 0 Å². The van der Waals surface area contributed by atoms with E-state index in [4.69, 9.17) is 4.74 Å². The number of aromatic nitrogens is 1. The van der Waals surface area contributed by atoms with Crippen LogP contribution in [0.3, 0.4) is 0 Å². The summed E-state index contributed by atoms with van der Waals surface area (Å²) in [6.45, 7) is 7.22. The second-order valence-corrected chi connectivity index (χ2v) is 6.90. The van der Waals surface area contributed by atoms with E-state index in [0.717, 1.165) is 56.0 Å². The summed E-state index contributed by atoms with van der Waals surface area (Å²) in [5.74, 6) is 0.116. The van der Waals surface area contributed by atoms with Gasteiger partial charge in [0.05, 0.1) is 12.1 Å². The van der Waals surface area contributed by atoms with E-state index in [0.29, 0.717) is 0 Å². The van der Waals surface area contributed by atoms with Crippen molar-refractivity contribution in [3.05, 3.63) is 22.4 Å². The molecule has 1 unspecified atom stereocenters. The Morgan fingerprint density at radius 1 is 1.48 bits per heavy atom. The average molecular weight is 356 g/mol. The highest BCUT2D eigenvalue weighted by molar-refractivity contribution is 9.10. The molecule has 0 aromatic carbocycles. The number of carbonyl (C=O) groups excluding carboxylic acids is 1. The van der Waals surface area contributed by atoms with Crippen LogP contribution in [0.4, 0.5) is 0 Å². The van der Waals surface area contributed by atoms with E-state index in [9.17, 15) is 4.79 Å². The van der Waals surface area contributed by atoms with Gasteiger partial charge in [-0.1, -0.05) is 6.92 Å². The van der Waals surface area contributed by atoms with Crippen molar-refractivity contribution in [2.24, 2.45) is 7.05 Å². The minimum Gasteiger partial charge on any atom is -0.379 e. The summed E-state index contributed by atoms with van der Waals surface area (Å²) in [5, 5.41) is 0. The molecule has 116 valence electrons. The molecule has 0 N–H and O–H groups in total. The van der Waals surface area contributed by atoms with Crippen molar-refractivity contribution in [3.8, 4) is 0 Å². The van der Waals surface area contributed by atoms with Crippen LogP contribution in [0, 0.1) is 0 Å². The van der Waals surface area contributed by atoms with Gasteiger partial charge in [0.2, 0.25) is 0 Å². The Hall–Kier alpha value is -0.850. The Labute approximate surface area is 134 Å². The number of aryl methyl sites for hydroxylation is 1. The predicted octanol–water partition coefficient (Wildman–Crippen LogP) is 1.72.